The number of hydrogen-bond acceptors (Lipinski definition) is 4. The zero-order valence-corrected chi connectivity index (χ0v) is 13.5. The third kappa shape index (κ3) is 5.21. The van der Waals surface area contributed by atoms with Crippen molar-refractivity contribution in [1.82, 2.24) is 5.32 Å². The van der Waals surface area contributed by atoms with Crippen molar-refractivity contribution >= 4 is 11.6 Å². The van der Waals surface area contributed by atoms with Gasteiger partial charge in [-0.1, -0.05) is 24.3 Å². The van der Waals surface area contributed by atoms with E-state index in [0.717, 1.165) is 11.3 Å². The van der Waals surface area contributed by atoms with Gasteiger partial charge in [-0.2, -0.15) is 0 Å². The molecule has 5 heteroatoms. The Labute approximate surface area is 136 Å². The van der Waals surface area contributed by atoms with E-state index in [1.165, 1.54) is 0 Å². The minimum absolute atomic E-state index is 0.0679. The maximum atomic E-state index is 11.9. The molecule has 0 radical (unpaired) electrons. The molecule has 1 amide bonds. The first-order valence-electron chi connectivity index (χ1n) is 7.58. The first-order chi connectivity index (χ1) is 11.2. The molecule has 23 heavy (non-hydrogen) atoms. The fraction of sp³-hybridized carbons (Fsp3) is 0.278. The highest BCUT2D eigenvalue weighted by Gasteiger charge is 2.06. The van der Waals surface area contributed by atoms with E-state index in [1.54, 1.807) is 7.11 Å². The summed E-state index contributed by atoms with van der Waals surface area (Å²) in [6.45, 7) is 3.18. The van der Waals surface area contributed by atoms with Gasteiger partial charge >= 0.3 is 0 Å². The van der Waals surface area contributed by atoms with E-state index in [9.17, 15) is 4.79 Å². The Bertz CT molecular complexity index is 629. The number of methoxy groups -OCH3 is 1. The second-order valence-corrected chi connectivity index (χ2v) is 4.91. The number of hydrogen-bond donors (Lipinski definition) is 2. The van der Waals surface area contributed by atoms with Gasteiger partial charge in [0, 0.05) is 12.2 Å². The molecule has 2 rings (SSSR count). The largest absolute Gasteiger partial charge is 0.493 e. The van der Waals surface area contributed by atoms with Crippen molar-refractivity contribution in [3.05, 3.63) is 54.1 Å². The molecule has 0 aliphatic rings. The molecule has 2 N–H and O–H groups in total. The Morgan fingerprint density at radius 1 is 1.09 bits per heavy atom. The van der Waals surface area contributed by atoms with Crippen molar-refractivity contribution in [3.8, 4) is 11.5 Å². The van der Waals surface area contributed by atoms with E-state index in [1.807, 2.05) is 55.5 Å². The SMILES string of the molecule is CCOc1ccc(CNC(=O)CNc2ccccc2)cc1OC. The minimum Gasteiger partial charge on any atom is -0.493 e. The van der Waals surface area contributed by atoms with Crippen molar-refractivity contribution in [2.75, 3.05) is 25.6 Å². The zero-order valence-electron chi connectivity index (χ0n) is 13.5. The van der Waals surface area contributed by atoms with Crippen LogP contribution in [-0.2, 0) is 11.3 Å². The van der Waals surface area contributed by atoms with Gasteiger partial charge in [0.25, 0.3) is 0 Å². The van der Waals surface area contributed by atoms with Crippen LogP contribution in [0, 0.1) is 0 Å². The summed E-state index contributed by atoms with van der Waals surface area (Å²) >= 11 is 0. The molecule has 0 unspecified atom stereocenters. The predicted octanol–water partition coefficient (Wildman–Crippen LogP) is 2.82. The van der Waals surface area contributed by atoms with Crippen molar-refractivity contribution < 1.29 is 14.3 Å². The fourth-order valence-corrected chi connectivity index (χ4v) is 2.10. The lowest BCUT2D eigenvalue weighted by Gasteiger charge is -2.12. The monoisotopic (exact) mass is 314 g/mol. The maximum absolute atomic E-state index is 11.9. The average molecular weight is 314 g/mol. The van der Waals surface area contributed by atoms with Gasteiger partial charge in [-0.05, 0) is 36.8 Å². The van der Waals surface area contributed by atoms with Crippen molar-refractivity contribution in [2.45, 2.75) is 13.5 Å². The summed E-state index contributed by atoms with van der Waals surface area (Å²) in [7, 11) is 1.60. The summed E-state index contributed by atoms with van der Waals surface area (Å²) in [6.07, 6.45) is 0. The molecule has 0 heterocycles. The van der Waals surface area contributed by atoms with Crippen LogP contribution in [0.2, 0.25) is 0 Å². The summed E-state index contributed by atoms with van der Waals surface area (Å²) in [6, 6.07) is 15.3. The lowest BCUT2D eigenvalue weighted by Crippen LogP contribution is -2.29. The number of carbonyl (C=O) groups excluding carboxylic acids is 1. The van der Waals surface area contributed by atoms with Gasteiger partial charge in [0.15, 0.2) is 11.5 Å². The molecule has 122 valence electrons. The van der Waals surface area contributed by atoms with Crippen molar-refractivity contribution in [3.63, 3.8) is 0 Å². The third-order valence-electron chi connectivity index (χ3n) is 3.24. The molecule has 2 aromatic carbocycles. The molecule has 0 saturated heterocycles. The Morgan fingerprint density at radius 2 is 1.87 bits per heavy atom. The minimum atomic E-state index is -0.0679. The maximum Gasteiger partial charge on any atom is 0.239 e. The van der Waals surface area contributed by atoms with Gasteiger partial charge in [-0.25, -0.2) is 0 Å². The van der Waals surface area contributed by atoms with Crippen LogP contribution in [-0.4, -0.2) is 26.2 Å². The van der Waals surface area contributed by atoms with E-state index in [0.29, 0.717) is 24.7 Å². The molecule has 0 bridgehead atoms. The Hall–Kier alpha value is -2.69. The van der Waals surface area contributed by atoms with E-state index < -0.39 is 0 Å². The van der Waals surface area contributed by atoms with Crippen LogP contribution < -0.4 is 20.1 Å². The van der Waals surface area contributed by atoms with Crippen LogP contribution in [0.5, 0.6) is 11.5 Å². The quantitative estimate of drug-likeness (QED) is 0.786. The van der Waals surface area contributed by atoms with Crippen LogP contribution in [0.4, 0.5) is 5.69 Å². The lowest BCUT2D eigenvalue weighted by atomic mass is 10.2. The first-order valence-corrected chi connectivity index (χ1v) is 7.58. The van der Waals surface area contributed by atoms with E-state index >= 15 is 0 Å². The van der Waals surface area contributed by atoms with Gasteiger partial charge < -0.3 is 20.1 Å². The number of carbonyl (C=O) groups is 1. The molecule has 0 fully saturated rings. The second kappa shape index (κ2) is 8.68. The molecule has 2 aromatic rings. The number of para-hydroxylation sites is 1. The number of rotatable bonds is 8. The molecule has 0 saturated carbocycles. The van der Waals surface area contributed by atoms with E-state index in [2.05, 4.69) is 10.6 Å². The van der Waals surface area contributed by atoms with Crippen LogP contribution in [0.1, 0.15) is 12.5 Å². The second-order valence-electron chi connectivity index (χ2n) is 4.91. The van der Waals surface area contributed by atoms with E-state index in [-0.39, 0.29) is 12.5 Å². The topological polar surface area (TPSA) is 59.6 Å². The zero-order chi connectivity index (χ0) is 16.5. The molecule has 0 spiro atoms. The summed E-state index contributed by atoms with van der Waals surface area (Å²) in [5, 5.41) is 5.95. The normalized spacial score (nSPS) is 10.0. The molecule has 0 atom stereocenters. The number of benzene rings is 2. The first kappa shape index (κ1) is 16.7. The highest BCUT2D eigenvalue weighted by molar-refractivity contribution is 5.80. The summed E-state index contributed by atoms with van der Waals surface area (Å²) in [5.41, 5.74) is 1.88. The van der Waals surface area contributed by atoms with Gasteiger partial charge in [-0.15, -0.1) is 0 Å². The predicted molar refractivity (Wildman–Crippen MR) is 90.9 cm³/mol. The highest BCUT2D eigenvalue weighted by atomic mass is 16.5. The van der Waals surface area contributed by atoms with Crippen LogP contribution >= 0.6 is 0 Å². The standard InChI is InChI=1S/C18H22N2O3/c1-3-23-16-10-9-14(11-17(16)22-2)12-20-18(21)13-19-15-7-5-4-6-8-15/h4-11,19H,3,12-13H2,1-2H3,(H,20,21). The number of amides is 1. The summed E-state index contributed by atoms with van der Waals surface area (Å²) in [4.78, 5) is 11.9. The Kier molecular flexibility index (Phi) is 6.29. The number of ether oxygens (including phenoxy) is 2. The Morgan fingerprint density at radius 3 is 2.57 bits per heavy atom. The summed E-state index contributed by atoms with van der Waals surface area (Å²) in [5.74, 6) is 1.30. The van der Waals surface area contributed by atoms with Crippen LogP contribution in [0.15, 0.2) is 48.5 Å². The van der Waals surface area contributed by atoms with Gasteiger partial charge in [-0.3, -0.25) is 4.79 Å². The average Bonchev–Trinajstić information content (AvgIpc) is 2.60. The summed E-state index contributed by atoms with van der Waals surface area (Å²) < 4.78 is 10.8. The fourth-order valence-electron chi connectivity index (χ4n) is 2.10. The van der Waals surface area contributed by atoms with Crippen LogP contribution in [0.25, 0.3) is 0 Å². The third-order valence-corrected chi connectivity index (χ3v) is 3.24. The van der Waals surface area contributed by atoms with Gasteiger partial charge in [0.05, 0.1) is 20.3 Å². The lowest BCUT2D eigenvalue weighted by molar-refractivity contribution is -0.119. The van der Waals surface area contributed by atoms with Gasteiger partial charge in [0.1, 0.15) is 0 Å². The van der Waals surface area contributed by atoms with Crippen LogP contribution in [0.3, 0.4) is 0 Å². The molecule has 0 aliphatic heterocycles. The molecule has 0 aromatic heterocycles. The van der Waals surface area contributed by atoms with Gasteiger partial charge in [0.2, 0.25) is 5.91 Å². The number of anilines is 1. The highest BCUT2D eigenvalue weighted by Crippen LogP contribution is 2.27. The Balaban J connectivity index is 1.84. The van der Waals surface area contributed by atoms with Crippen molar-refractivity contribution in [2.24, 2.45) is 0 Å². The van der Waals surface area contributed by atoms with E-state index in [4.69, 9.17) is 9.47 Å². The molecule has 5 nitrogen and oxygen atoms in total. The molecular formula is C18H22N2O3. The van der Waals surface area contributed by atoms with Crippen molar-refractivity contribution in [1.29, 1.82) is 0 Å². The number of nitrogens with one attached hydrogen (secondary N) is 2. The molecule has 0 aliphatic carbocycles. The molecular weight excluding hydrogens is 292 g/mol. The smallest absolute Gasteiger partial charge is 0.239 e.